The van der Waals surface area contributed by atoms with Crippen LogP contribution in [0.25, 0.3) is 5.65 Å². The van der Waals surface area contributed by atoms with Crippen LogP contribution in [0.4, 0.5) is 10.3 Å². The number of benzene rings is 1. The Labute approximate surface area is 190 Å². The summed E-state index contributed by atoms with van der Waals surface area (Å²) >= 11 is 6.04. The van der Waals surface area contributed by atoms with Crippen molar-refractivity contribution in [2.45, 2.75) is 32.0 Å². The van der Waals surface area contributed by atoms with Crippen LogP contribution in [0.15, 0.2) is 36.5 Å². The monoisotopic (exact) mass is 461 g/mol. The van der Waals surface area contributed by atoms with Gasteiger partial charge in [-0.1, -0.05) is 23.7 Å². The first-order valence-electron chi connectivity index (χ1n) is 10.3. The van der Waals surface area contributed by atoms with Crippen LogP contribution in [0, 0.1) is 0 Å². The maximum atomic E-state index is 13.8. The summed E-state index contributed by atoms with van der Waals surface area (Å²) in [6, 6.07) is 7.88. The first-order chi connectivity index (χ1) is 15.4. The smallest absolute Gasteiger partial charge is 0.255 e. The molecule has 8 nitrogen and oxygen atoms in total. The summed E-state index contributed by atoms with van der Waals surface area (Å²) < 4.78 is 26.3. The van der Waals surface area contributed by atoms with Crippen LogP contribution >= 0.6 is 11.6 Å². The van der Waals surface area contributed by atoms with Crippen LogP contribution < -0.4 is 10.1 Å². The van der Waals surface area contributed by atoms with Gasteiger partial charge < -0.3 is 19.7 Å². The van der Waals surface area contributed by atoms with Crippen LogP contribution in [0.3, 0.4) is 0 Å². The number of aromatic nitrogens is 3. The molecule has 1 N–H and O–H groups in total. The summed E-state index contributed by atoms with van der Waals surface area (Å²) in [6.45, 7) is 4.19. The second kappa shape index (κ2) is 9.30. The third-order valence-corrected chi connectivity index (χ3v) is 5.68. The second-order valence-corrected chi connectivity index (χ2v) is 8.29. The standard InChI is InChI=1S/C22H25ClFN5O3/c1-13-12-32-14(2)10-28(13)21(30)16-8-19(31-3)20-26-22(27-29(20)11-16)25-18(9-24)15-5-4-6-17(23)7-15/h4-8,11,13-14,18H,9-10,12H2,1-3H3,(H,25,27)/t13-,14?,18?/m1/s1. The molecule has 1 aromatic carbocycles. The molecule has 1 aliphatic heterocycles. The highest BCUT2D eigenvalue weighted by Gasteiger charge is 2.29. The van der Waals surface area contributed by atoms with Crippen molar-refractivity contribution >= 4 is 29.1 Å². The van der Waals surface area contributed by atoms with E-state index in [0.29, 0.717) is 40.7 Å². The van der Waals surface area contributed by atoms with E-state index in [4.69, 9.17) is 21.1 Å². The molecule has 2 unspecified atom stereocenters. The normalized spacial score (nSPS) is 19.7. The summed E-state index contributed by atoms with van der Waals surface area (Å²) in [5.74, 6) is 0.465. The summed E-state index contributed by atoms with van der Waals surface area (Å²) in [4.78, 5) is 19.4. The van der Waals surface area contributed by atoms with Crippen molar-refractivity contribution in [3.63, 3.8) is 0 Å². The van der Waals surface area contributed by atoms with E-state index in [2.05, 4.69) is 15.4 Å². The maximum absolute atomic E-state index is 13.8. The lowest BCUT2D eigenvalue weighted by Gasteiger charge is -2.36. The molecule has 10 heteroatoms. The minimum atomic E-state index is -0.677. The molecule has 32 heavy (non-hydrogen) atoms. The summed E-state index contributed by atoms with van der Waals surface area (Å²) in [7, 11) is 1.50. The largest absolute Gasteiger partial charge is 0.493 e. The molecular formula is C22H25ClFN5O3. The maximum Gasteiger partial charge on any atom is 0.255 e. The van der Waals surface area contributed by atoms with E-state index < -0.39 is 12.7 Å². The zero-order chi connectivity index (χ0) is 22.8. The van der Waals surface area contributed by atoms with Crippen molar-refractivity contribution in [3.8, 4) is 5.75 Å². The molecule has 0 bridgehead atoms. The third-order valence-electron chi connectivity index (χ3n) is 5.44. The molecule has 0 saturated carbocycles. The van der Waals surface area contributed by atoms with Gasteiger partial charge in [0.25, 0.3) is 5.91 Å². The van der Waals surface area contributed by atoms with Crippen molar-refractivity contribution in [1.29, 1.82) is 0 Å². The molecule has 170 valence electrons. The molecule has 3 heterocycles. The Morgan fingerprint density at radius 2 is 2.22 bits per heavy atom. The van der Waals surface area contributed by atoms with Crippen LogP contribution in [0.2, 0.25) is 5.02 Å². The Morgan fingerprint density at radius 3 is 2.94 bits per heavy atom. The van der Waals surface area contributed by atoms with Crippen LogP contribution in [0.1, 0.15) is 35.8 Å². The molecule has 3 aromatic rings. The minimum Gasteiger partial charge on any atom is -0.493 e. The number of carbonyl (C=O) groups is 1. The Hall–Kier alpha value is -2.91. The lowest BCUT2D eigenvalue weighted by atomic mass is 10.1. The number of anilines is 1. The van der Waals surface area contributed by atoms with E-state index in [1.165, 1.54) is 11.6 Å². The van der Waals surface area contributed by atoms with Gasteiger partial charge in [0.05, 0.1) is 37.5 Å². The number of carbonyl (C=O) groups excluding carboxylic acids is 1. The highest BCUT2D eigenvalue weighted by molar-refractivity contribution is 6.30. The fourth-order valence-electron chi connectivity index (χ4n) is 3.73. The quantitative estimate of drug-likeness (QED) is 0.602. The number of halogens is 2. The molecule has 1 saturated heterocycles. The van der Waals surface area contributed by atoms with Gasteiger partial charge in [0.2, 0.25) is 5.95 Å². The second-order valence-electron chi connectivity index (χ2n) is 7.86. The molecule has 1 amide bonds. The van der Waals surface area contributed by atoms with E-state index in [-0.39, 0.29) is 24.0 Å². The molecule has 2 aromatic heterocycles. The van der Waals surface area contributed by atoms with Gasteiger partial charge in [-0.2, -0.15) is 4.98 Å². The number of morpholine rings is 1. The minimum absolute atomic E-state index is 0.0351. The van der Waals surface area contributed by atoms with Crippen LogP contribution in [-0.4, -0.2) is 64.5 Å². The number of pyridine rings is 1. The molecule has 0 radical (unpaired) electrons. The zero-order valence-electron chi connectivity index (χ0n) is 18.1. The van der Waals surface area contributed by atoms with Crippen molar-refractivity contribution in [2.75, 3.05) is 32.3 Å². The lowest BCUT2D eigenvalue weighted by molar-refractivity contribution is -0.0387. The predicted octanol–water partition coefficient (Wildman–Crippen LogP) is 3.76. The molecule has 3 atom stereocenters. The van der Waals surface area contributed by atoms with Gasteiger partial charge in [-0.05, 0) is 37.6 Å². The van der Waals surface area contributed by atoms with Crippen LogP contribution in [-0.2, 0) is 4.74 Å². The summed E-state index contributed by atoms with van der Waals surface area (Å²) in [6.07, 6.45) is 1.57. The van der Waals surface area contributed by atoms with E-state index in [1.807, 2.05) is 13.8 Å². The predicted molar refractivity (Wildman–Crippen MR) is 119 cm³/mol. The third kappa shape index (κ3) is 4.49. The van der Waals surface area contributed by atoms with Crippen molar-refractivity contribution < 1.29 is 18.7 Å². The number of ether oxygens (including phenoxy) is 2. The number of amides is 1. The Bertz CT molecular complexity index is 1120. The zero-order valence-corrected chi connectivity index (χ0v) is 18.8. The summed E-state index contributed by atoms with van der Waals surface area (Å²) in [5.41, 5.74) is 1.51. The molecular weight excluding hydrogens is 437 g/mol. The van der Waals surface area contributed by atoms with E-state index in [1.54, 1.807) is 41.4 Å². The van der Waals surface area contributed by atoms with Gasteiger partial charge in [0.15, 0.2) is 11.4 Å². The van der Waals surface area contributed by atoms with E-state index in [0.717, 1.165) is 0 Å². The van der Waals surface area contributed by atoms with Crippen molar-refractivity contribution in [3.05, 3.63) is 52.7 Å². The Balaban J connectivity index is 1.64. The summed E-state index contributed by atoms with van der Waals surface area (Å²) in [5, 5.41) is 7.91. The highest BCUT2D eigenvalue weighted by atomic mass is 35.5. The number of rotatable bonds is 6. The average Bonchev–Trinajstić information content (AvgIpc) is 3.20. The number of nitrogens with zero attached hydrogens (tertiary/aromatic N) is 4. The van der Waals surface area contributed by atoms with Crippen molar-refractivity contribution in [1.82, 2.24) is 19.5 Å². The van der Waals surface area contributed by atoms with Crippen molar-refractivity contribution in [2.24, 2.45) is 0 Å². The number of nitrogens with one attached hydrogen (secondary N) is 1. The Kier molecular flexibility index (Phi) is 6.48. The molecule has 1 aliphatic rings. The fraction of sp³-hybridized carbons (Fsp3) is 0.409. The first-order valence-corrected chi connectivity index (χ1v) is 10.7. The SMILES string of the molecule is COc1cc(C(=O)N2CC(C)OC[C@H]2C)cn2nc(NC(CF)c3cccc(Cl)c3)nc12. The average molecular weight is 462 g/mol. The van der Waals surface area contributed by atoms with Crippen LogP contribution in [0.5, 0.6) is 5.75 Å². The molecule has 0 aliphatic carbocycles. The van der Waals surface area contributed by atoms with E-state index >= 15 is 0 Å². The molecule has 1 fully saturated rings. The molecule has 4 rings (SSSR count). The fourth-order valence-corrected chi connectivity index (χ4v) is 3.93. The van der Waals surface area contributed by atoms with Gasteiger partial charge in [-0.25, -0.2) is 8.91 Å². The highest BCUT2D eigenvalue weighted by Crippen LogP contribution is 2.26. The number of fused-ring (bicyclic) bond motifs is 1. The van der Waals surface area contributed by atoms with E-state index in [9.17, 15) is 9.18 Å². The first kappa shape index (κ1) is 22.3. The van der Waals surface area contributed by atoms with Gasteiger partial charge in [-0.15, -0.1) is 5.10 Å². The number of hydrogen-bond acceptors (Lipinski definition) is 6. The topological polar surface area (TPSA) is 81.0 Å². The van der Waals surface area contributed by atoms with Gasteiger partial charge in [0, 0.05) is 17.8 Å². The number of methoxy groups -OCH3 is 1. The van der Waals surface area contributed by atoms with Gasteiger partial charge in [0.1, 0.15) is 6.67 Å². The van der Waals surface area contributed by atoms with Gasteiger partial charge >= 0.3 is 0 Å². The number of hydrogen-bond donors (Lipinski definition) is 1. The Morgan fingerprint density at radius 1 is 1.41 bits per heavy atom. The number of alkyl halides is 1. The van der Waals surface area contributed by atoms with Gasteiger partial charge in [-0.3, -0.25) is 4.79 Å². The molecule has 0 spiro atoms. The lowest BCUT2D eigenvalue weighted by Crippen LogP contribution is -2.50.